The van der Waals surface area contributed by atoms with Crippen molar-refractivity contribution in [1.29, 1.82) is 0 Å². The van der Waals surface area contributed by atoms with Crippen LogP contribution in [0.5, 0.6) is 0 Å². The Balaban J connectivity index is 3.13. The molecule has 0 aliphatic rings. The van der Waals surface area contributed by atoms with Crippen LogP contribution in [-0.4, -0.2) is 38.6 Å². The van der Waals surface area contributed by atoms with Crippen LogP contribution in [-0.2, 0) is 0 Å². The molecule has 0 heterocycles. The highest BCUT2D eigenvalue weighted by Crippen LogP contribution is 2.28. The molecule has 0 saturated heterocycles. The summed E-state index contributed by atoms with van der Waals surface area (Å²) in [6.07, 6.45) is 1.06. The highest BCUT2D eigenvalue weighted by molar-refractivity contribution is 5.57. The van der Waals surface area contributed by atoms with Gasteiger partial charge in [0.05, 0.1) is 0 Å². The molecule has 0 unspecified atom stereocenters. The summed E-state index contributed by atoms with van der Waals surface area (Å²) >= 11 is 0. The summed E-state index contributed by atoms with van der Waals surface area (Å²) in [7, 11) is 4.12. The van der Waals surface area contributed by atoms with Gasteiger partial charge in [0.2, 0.25) is 0 Å². The van der Waals surface area contributed by atoms with Crippen LogP contribution < -0.4 is 10.6 Å². The predicted molar refractivity (Wildman–Crippen MR) is 84.8 cm³/mol. The Hall–Kier alpha value is -1.13. The van der Waals surface area contributed by atoms with Gasteiger partial charge in [-0.3, -0.25) is 0 Å². The molecule has 1 aromatic carbocycles. The Kier molecular flexibility index (Phi) is 6.43. The molecule has 3 nitrogen and oxygen atoms in total. The molecule has 0 aliphatic heterocycles. The van der Waals surface area contributed by atoms with Gasteiger partial charge in [0.25, 0.3) is 0 Å². The largest absolute Gasteiger partial charge is 0.370 e. The molecule has 114 valence electrons. The van der Waals surface area contributed by atoms with Gasteiger partial charge in [-0.15, -0.1) is 0 Å². The van der Waals surface area contributed by atoms with Gasteiger partial charge < -0.3 is 15.5 Å². The van der Waals surface area contributed by atoms with Gasteiger partial charge >= 0.3 is 0 Å². The van der Waals surface area contributed by atoms with E-state index in [1.807, 2.05) is 13.0 Å². The quantitative estimate of drug-likeness (QED) is 0.834. The first kappa shape index (κ1) is 16.9. The number of likely N-dealkylation sites (N-methyl/N-ethyl adjacent to an activating group) is 1. The Labute approximate surface area is 122 Å². The van der Waals surface area contributed by atoms with Crippen LogP contribution in [0.2, 0.25) is 0 Å². The van der Waals surface area contributed by atoms with Gasteiger partial charge in [0.1, 0.15) is 5.82 Å². The molecule has 0 spiro atoms. The zero-order valence-electron chi connectivity index (χ0n) is 13.4. The number of hydrogen-bond acceptors (Lipinski definition) is 3. The van der Waals surface area contributed by atoms with Crippen molar-refractivity contribution in [3.8, 4) is 0 Å². The summed E-state index contributed by atoms with van der Waals surface area (Å²) in [4.78, 5) is 4.47. The van der Waals surface area contributed by atoms with E-state index in [2.05, 4.69) is 30.8 Å². The molecule has 0 radical (unpaired) electrons. The van der Waals surface area contributed by atoms with Crippen molar-refractivity contribution < 1.29 is 4.39 Å². The second-order valence-corrected chi connectivity index (χ2v) is 5.74. The lowest BCUT2D eigenvalue weighted by Crippen LogP contribution is -2.33. The van der Waals surface area contributed by atoms with Crippen LogP contribution in [0.15, 0.2) is 12.1 Å². The van der Waals surface area contributed by atoms with Crippen molar-refractivity contribution in [3.05, 3.63) is 29.1 Å². The van der Waals surface area contributed by atoms with Crippen molar-refractivity contribution in [2.45, 2.75) is 33.2 Å². The zero-order valence-corrected chi connectivity index (χ0v) is 13.4. The van der Waals surface area contributed by atoms with Gasteiger partial charge in [-0.05, 0) is 57.6 Å². The number of rotatable bonds is 7. The summed E-state index contributed by atoms with van der Waals surface area (Å²) in [6, 6.07) is 3.35. The fourth-order valence-electron chi connectivity index (χ4n) is 2.26. The first-order valence-electron chi connectivity index (χ1n) is 7.32. The molecule has 0 bridgehead atoms. The smallest absolute Gasteiger partial charge is 0.126 e. The van der Waals surface area contributed by atoms with Crippen molar-refractivity contribution in [3.63, 3.8) is 0 Å². The second-order valence-electron chi connectivity index (χ2n) is 5.74. The highest BCUT2D eigenvalue weighted by Gasteiger charge is 2.16. The summed E-state index contributed by atoms with van der Waals surface area (Å²) in [6.45, 7) is 8.72. The lowest BCUT2D eigenvalue weighted by atomic mass is 10.0. The summed E-state index contributed by atoms with van der Waals surface area (Å²) in [5.41, 5.74) is 8.66. The van der Waals surface area contributed by atoms with Crippen molar-refractivity contribution in [2.75, 3.05) is 38.6 Å². The van der Waals surface area contributed by atoms with E-state index in [1.165, 1.54) is 0 Å². The molecular formula is C16H28FN3. The third kappa shape index (κ3) is 4.46. The normalized spacial score (nSPS) is 12.8. The SMILES string of the molecule is CCCN(CCN(C)C)c1cc(C)c(F)cc1[C@@H](C)N. The van der Waals surface area contributed by atoms with E-state index in [0.717, 1.165) is 37.3 Å². The summed E-state index contributed by atoms with van der Waals surface area (Å²) in [5, 5.41) is 0. The topological polar surface area (TPSA) is 32.5 Å². The van der Waals surface area contributed by atoms with Crippen LogP contribution in [0.3, 0.4) is 0 Å². The molecular weight excluding hydrogens is 253 g/mol. The second kappa shape index (κ2) is 7.60. The molecule has 4 heteroatoms. The molecule has 0 fully saturated rings. The minimum absolute atomic E-state index is 0.168. The van der Waals surface area contributed by atoms with Crippen molar-refractivity contribution in [1.82, 2.24) is 4.90 Å². The van der Waals surface area contributed by atoms with E-state index in [0.29, 0.717) is 5.56 Å². The van der Waals surface area contributed by atoms with Gasteiger partial charge in [0, 0.05) is 31.4 Å². The first-order valence-corrected chi connectivity index (χ1v) is 7.32. The zero-order chi connectivity index (χ0) is 15.3. The number of anilines is 1. The third-order valence-corrected chi connectivity index (χ3v) is 3.45. The maximum atomic E-state index is 13.8. The average Bonchev–Trinajstić information content (AvgIpc) is 2.37. The van der Waals surface area contributed by atoms with Gasteiger partial charge in [-0.1, -0.05) is 6.92 Å². The minimum Gasteiger partial charge on any atom is -0.370 e. The molecule has 1 aromatic rings. The van der Waals surface area contributed by atoms with E-state index in [4.69, 9.17) is 5.73 Å². The fourth-order valence-corrected chi connectivity index (χ4v) is 2.26. The molecule has 0 saturated carbocycles. The number of halogens is 1. The Morgan fingerprint density at radius 3 is 2.35 bits per heavy atom. The number of hydrogen-bond donors (Lipinski definition) is 1. The molecule has 0 amide bonds. The van der Waals surface area contributed by atoms with E-state index >= 15 is 0 Å². The molecule has 0 aliphatic carbocycles. The molecule has 1 rings (SSSR count). The third-order valence-electron chi connectivity index (χ3n) is 3.45. The first-order chi connectivity index (χ1) is 9.36. The van der Waals surface area contributed by atoms with Crippen LogP contribution >= 0.6 is 0 Å². The fraction of sp³-hybridized carbons (Fsp3) is 0.625. The van der Waals surface area contributed by atoms with E-state index in [-0.39, 0.29) is 11.9 Å². The number of benzene rings is 1. The van der Waals surface area contributed by atoms with E-state index < -0.39 is 0 Å². The number of nitrogens with two attached hydrogens (primary N) is 1. The lowest BCUT2D eigenvalue weighted by molar-refractivity contribution is 0.412. The minimum atomic E-state index is -0.176. The highest BCUT2D eigenvalue weighted by atomic mass is 19.1. The molecule has 1 atom stereocenters. The molecule has 20 heavy (non-hydrogen) atoms. The Morgan fingerprint density at radius 2 is 1.85 bits per heavy atom. The average molecular weight is 281 g/mol. The lowest BCUT2D eigenvalue weighted by Gasteiger charge is -2.29. The predicted octanol–water partition coefficient (Wildman–Crippen LogP) is 2.93. The van der Waals surface area contributed by atoms with Crippen LogP contribution in [0.1, 0.15) is 37.4 Å². The monoisotopic (exact) mass is 281 g/mol. The standard InChI is InChI=1S/C16H28FN3/c1-6-7-20(9-8-19(4)5)16-10-12(2)15(17)11-14(16)13(3)18/h10-11,13H,6-9,18H2,1-5H3/t13-/m1/s1. The van der Waals surface area contributed by atoms with Gasteiger partial charge in [-0.2, -0.15) is 0 Å². The Bertz CT molecular complexity index is 430. The van der Waals surface area contributed by atoms with Gasteiger partial charge in [0.15, 0.2) is 0 Å². The maximum absolute atomic E-state index is 13.8. The maximum Gasteiger partial charge on any atom is 0.126 e. The summed E-state index contributed by atoms with van der Waals surface area (Å²) in [5.74, 6) is -0.176. The van der Waals surface area contributed by atoms with E-state index in [1.54, 1.807) is 13.0 Å². The molecule has 2 N–H and O–H groups in total. The van der Waals surface area contributed by atoms with Crippen LogP contribution in [0.4, 0.5) is 10.1 Å². The number of nitrogens with zero attached hydrogens (tertiary/aromatic N) is 2. The van der Waals surface area contributed by atoms with E-state index in [9.17, 15) is 4.39 Å². The molecule has 0 aromatic heterocycles. The summed E-state index contributed by atoms with van der Waals surface area (Å²) < 4.78 is 13.8. The van der Waals surface area contributed by atoms with Crippen molar-refractivity contribution in [2.24, 2.45) is 5.73 Å². The van der Waals surface area contributed by atoms with Crippen LogP contribution in [0.25, 0.3) is 0 Å². The van der Waals surface area contributed by atoms with Gasteiger partial charge in [-0.25, -0.2) is 4.39 Å². The number of aryl methyl sites for hydroxylation is 1. The van der Waals surface area contributed by atoms with Crippen molar-refractivity contribution >= 4 is 5.69 Å². The Morgan fingerprint density at radius 1 is 1.20 bits per heavy atom. The van der Waals surface area contributed by atoms with Crippen LogP contribution in [0, 0.1) is 12.7 Å².